The van der Waals surface area contributed by atoms with E-state index < -0.39 is 42.5 Å². The molecule has 0 radical (unpaired) electrons. The van der Waals surface area contributed by atoms with E-state index in [1.807, 2.05) is 4.98 Å². The molecule has 0 aromatic carbocycles. The fraction of sp³-hybridized carbons (Fsp3) is 0.556. The predicted octanol–water partition coefficient (Wildman–Crippen LogP) is -0.548. The third-order valence-electron chi connectivity index (χ3n) is 2.49. The number of rotatable bonds is 2. The van der Waals surface area contributed by atoms with Gasteiger partial charge in [-0.25, -0.2) is 13.6 Å². The first kappa shape index (κ1) is 11.9. The molecule has 0 aliphatic carbocycles. The van der Waals surface area contributed by atoms with Crippen molar-refractivity contribution in [3.8, 4) is 0 Å². The SMILES string of the molecule is O=c1ccn([C@@H]2O[C@@H](CO)CC2(F)F)c(=O)[nH]1. The second-order valence-corrected chi connectivity index (χ2v) is 3.78. The summed E-state index contributed by atoms with van der Waals surface area (Å²) >= 11 is 0. The number of aliphatic hydroxyl groups is 1. The van der Waals surface area contributed by atoms with Gasteiger partial charge in [0.1, 0.15) is 0 Å². The van der Waals surface area contributed by atoms with Crippen LogP contribution in [-0.4, -0.2) is 33.3 Å². The number of ether oxygens (including phenoxy) is 1. The molecular formula is C9H10F2N2O4. The molecule has 0 saturated carbocycles. The molecule has 0 bridgehead atoms. The molecule has 2 atom stereocenters. The van der Waals surface area contributed by atoms with Crippen LogP contribution in [-0.2, 0) is 4.74 Å². The highest BCUT2D eigenvalue weighted by molar-refractivity contribution is 4.92. The molecule has 0 unspecified atom stereocenters. The van der Waals surface area contributed by atoms with Crippen molar-refractivity contribution in [3.63, 3.8) is 0 Å². The zero-order valence-electron chi connectivity index (χ0n) is 8.60. The van der Waals surface area contributed by atoms with E-state index in [0.29, 0.717) is 4.57 Å². The zero-order valence-corrected chi connectivity index (χ0v) is 8.60. The Morgan fingerprint density at radius 1 is 1.59 bits per heavy atom. The lowest BCUT2D eigenvalue weighted by atomic mass is 10.2. The van der Waals surface area contributed by atoms with Crippen LogP contribution in [0.1, 0.15) is 12.6 Å². The minimum Gasteiger partial charge on any atom is -0.394 e. The largest absolute Gasteiger partial charge is 0.394 e. The number of aromatic nitrogens is 2. The maximum atomic E-state index is 13.5. The quantitative estimate of drug-likeness (QED) is 0.735. The van der Waals surface area contributed by atoms with Gasteiger partial charge in [0.25, 0.3) is 11.5 Å². The normalized spacial score (nSPS) is 27.2. The number of aromatic amines is 1. The Kier molecular flexibility index (Phi) is 2.84. The highest BCUT2D eigenvalue weighted by Gasteiger charge is 2.51. The van der Waals surface area contributed by atoms with E-state index in [0.717, 1.165) is 12.3 Å². The van der Waals surface area contributed by atoms with Crippen molar-refractivity contribution in [1.82, 2.24) is 9.55 Å². The van der Waals surface area contributed by atoms with E-state index in [9.17, 15) is 18.4 Å². The van der Waals surface area contributed by atoms with Crippen molar-refractivity contribution < 1.29 is 18.6 Å². The van der Waals surface area contributed by atoms with Crippen molar-refractivity contribution in [2.75, 3.05) is 6.61 Å². The van der Waals surface area contributed by atoms with Gasteiger partial charge in [-0.2, -0.15) is 0 Å². The van der Waals surface area contributed by atoms with E-state index in [-0.39, 0.29) is 0 Å². The van der Waals surface area contributed by atoms with Gasteiger partial charge in [0.05, 0.1) is 12.7 Å². The number of H-pyrrole nitrogens is 1. The summed E-state index contributed by atoms with van der Waals surface area (Å²) in [5.74, 6) is -3.27. The maximum absolute atomic E-state index is 13.5. The van der Waals surface area contributed by atoms with Crippen molar-refractivity contribution >= 4 is 0 Å². The summed E-state index contributed by atoms with van der Waals surface area (Å²) in [5, 5.41) is 8.77. The first-order valence-electron chi connectivity index (χ1n) is 4.89. The molecule has 1 fully saturated rings. The highest BCUT2D eigenvalue weighted by atomic mass is 19.3. The van der Waals surface area contributed by atoms with E-state index in [4.69, 9.17) is 9.84 Å². The first-order valence-corrected chi connectivity index (χ1v) is 4.89. The van der Waals surface area contributed by atoms with Crippen LogP contribution in [0.2, 0.25) is 0 Å². The molecular weight excluding hydrogens is 238 g/mol. The Balaban J connectivity index is 2.40. The summed E-state index contributed by atoms with van der Waals surface area (Å²) in [4.78, 5) is 24.0. The Hall–Kier alpha value is -1.54. The number of hydrogen-bond acceptors (Lipinski definition) is 4. The van der Waals surface area contributed by atoms with E-state index in [1.165, 1.54) is 0 Å². The molecule has 94 valence electrons. The number of nitrogens with zero attached hydrogens (tertiary/aromatic N) is 1. The van der Waals surface area contributed by atoms with Crippen LogP contribution in [0.15, 0.2) is 21.9 Å². The van der Waals surface area contributed by atoms with E-state index in [1.54, 1.807) is 0 Å². The van der Waals surface area contributed by atoms with Gasteiger partial charge in [0.15, 0.2) is 0 Å². The summed E-state index contributed by atoms with van der Waals surface area (Å²) in [6.45, 7) is -0.551. The van der Waals surface area contributed by atoms with Crippen LogP contribution in [0.4, 0.5) is 8.78 Å². The third kappa shape index (κ3) is 2.13. The number of hydrogen-bond donors (Lipinski definition) is 2. The molecule has 1 aliphatic heterocycles. The van der Waals surface area contributed by atoms with Gasteiger partial charge >= 0.3 is 5.69 Å². The number of nitrogens with one attached hydrogen (secondary N) is 1. The predicted molar refractivity (Wildman–Crippen MR) is 51.9 cm³/mol. The molecule has 0 amide bonds. The Morgan fingerprint density at radius 2 is 2.29 bits per heavy atom. The molecule has 2 N–H and O–H groups in total. The maximum Gasteiger partial charge on any atom is 0.330 e. The second-order valence-electron chi connectivity index (χ2n) is 3.78. The van der Waals surface area contributed by atoms with Gasteiger partial charge in [0.2, 0.25) is 6.23 Å². The third-order valence-corrected chi connectivity index (χ3v) is 2.49. The molecule has 0 spiro atoms. The van der Waals surface area contributed by atoms with Crippen LogP contribution in [0, 0.1) is 0 Å². The Labute approximate surface area is 93.5 Å². The van der Waals surface area contributed by atoms with Crippen molar-refractivity contribution in [1.29, 1.82) is 0 Å². The molecule has 6 nitrogen and oxygen atoms in total. The fourth-order valence-electron chi connectivity index (χ4n) is 1.72. The van der Waals surface area contributed by atoms with Crippen LogP contribution in [0.5, 0.6) is 0 Å². The molecule has 17 heavy (non-hydrogen) atoms. The van der Waals surface area contributed by atoms with Gasteiger partial charge < -0.3 is 9.84 Å². The average Bonchev–Trinajstić information content (AvgIpc) is 2.54. The van der Waals surface area contributed by atoms with E-state index in [2.05, 4.69) is 0 Å². The van der Waals surface area contributed by atoms with Crippen LogP contribution >= 0.6 is 0 Å². The van der Waals surface area contributed by atoms with Gasteiger partial charge in [0, 0.05) is 18.7 Å². The average molecular weight is 248 g/mol. The summed E-state index contributed by atoms with van der Waals surface area (Å²) in [7, 11) is 0. The second kappa shape index (κ2) is 4.04. The molecule has 8 heteroatoms. The number of halogens is 2. The van der Waals surface area contributed by atoms with Crippen molar-refractivity contribution in [3.05, 3.63) is 33.1 Å². The zero-order chi connectivity index (χ0) is 12.6. The van der Waals surface area contributed by atoms with Crippen molar-refractivity contribution in [2.45, 2.75) is 24.7 Å². The molecule has 1 aliphatic rings. The van der Waals surface area contributed by atoms with Crippen LogP contribution in [0.3, 0.4) is 0 Å². The molecule has 2 heterocycles. The monoisotopic (exact) mass is 248 g/mol. The lowest BCUT2D eigenvalue weighted by Crippen LogP contribution is -2.37. The van der Waals surface area contributed by atoms with Crippen LogP contribution in [0.25, 0.3) is 0 Å². The Bertz CT molecular complexity index is 524. The topological polar surface area (TPSA) is 84.3 Å². The lowest BCUT2D eigenvalue weighted by Gasteiger charge is -2.19. The minimum atomic E-state index is -3.27. The smallest absolute Gasteiger partial charge is 0.330 e. The summed E-state index contributed by atoms with van der Waals surface area (Å²) in [6, 6.07) is 0.952. The first-order chi connectivity index (χ1) is 7.94. The number of alkyl halides is 2. The molecule has 2 rings (SSSR count). The van der Waals surface area contributed by atoms with E-state index >= 15 is 0 Å². The summed E-state index contributed by atoms with van der Waals surface area (Å²) in [5.41, 5.74) is -1.65. The lowest BCUT2D eigenvalue weighted by molar-refractivity contribution is -0.120. The van der Waals surface area contributed by atoms with Gasteiger partial charge in [-0.15, -0.1) is 0 Å². The number of aliphatic hydroxyl groups excluding tert-OH is 1. The molecule has 1 saturated heterocycles. The van der Waals surface area contributed by atoms with Gasteiger partial charge in [-0.1, -0.05) is 0 Å². The Morgan fingerprint density at radius 3 is 2.82 bits per heavy atom. The van der Waals surface area contributed by atoms with Crippen LogP contribution < -0.4 is 11.2 Å². The summed E-state index contributed by atoms with van der Waals surface area (Å²) < 4.78 is 32.5. The van der Waals surface area contributed by atoms with Gasteiger partial charge in [-0.3, -0.25) is 14.3 Å². The van der Waals surface area contributed by atoms with Crippen molar-refractivity contribution in [2.24, 2.45) is 0 Å². The fourth-order valence-corrected chi connectivity index (χ4v) is 1.72. The van der Waals surface area contributed by atoms with Gasteiger partial charge in [-0.05, 0) is 0 Å². The summed E-state index contributed by atoms with van der Waals surface area (Å²) in [6.07, 6.45) is -2.54. The minimum absolute atomic E-state index is 0.551. The molecule has 1 aromatic heterocycles. The molecule has 1 aromatic rings. The highest BCUT2D eigenvalue weighted by Crippen LogP contribution is 2.41. The standard InChI is InChI=1S/C9H10F2N2O4/c10-9(11)3-5(4-14)17-7(9)13-2-1-6(15)12-8(13)16/h1-2,5,7,14H,3-4H2,(H,12,15,16)/t5-,7-/m1/s1.